The molecule has 0 atom stereocenters. The zero-order valence-corrected chi connectivity index (χ0v) is 13.8. The van der Waals surface area contributed by atoms with E-state index in [9.17, 15) is 14.4 Å². The average molecular weight is 329 g/mol. The van der Waals surface area contributed by atoms with E-state index in [-0.39, 0.29) is 12.5 Å². The Kier molecular flexibility index (Phi) is 5.13. The second kappa shape index (κ2) is 7.47. The van der Waals surface area contributed by atoms with Gasteiger partial charge < -0.3 is 14.7 Å². The highest BCUT2D eigenvalue weighted by Crippen LogP contribution is 2.13. The van der Waals surface area contributed by atoms with Crippen LogP contribution in [0, 0.1) is 0 Å². The lowest BCUT2D eigenvalue weighted by Crippen LogP contribution is -2.56. The van der Waals surface area contributed by atoms with Gasteiger partial charge in [0, 0.05) is 32.7 Å². The molecule has 3 rings (SSSR count). The number of hydrogen-bond acceptors (Lipinski definition) is 3. The maximum atomic E-state index is 12.3. The number of carbonyl (C=O) groups is 3. The van der Waals surface area contributed by atoms with Crippen LogP contribution in [0.3, 0.4) is 0 Å². The summed E-state index contributed by atoms with van der Waals surface area (Å²) in [4.78, 5) is 41.7. The number of nitrogens with zero attached hydrogens (tertiary/aromatic N) is 3. The summed E-state index contributed by atoms with van der Waals surface area (Å²) >= 11 is 0. The highest BCUT2D eigenvalue weighted by atomic mass is 16.2. The van der Waals surface area contributed by atoms with Crippen molar-refractivity contribution in [3.8, 4) is 0 Å². The summed E-state index contributed by atoms with van der Waals surface area (Å²) in [5.74, 6) is -1.13. The number of benzene rings is 1. The molecule has 3 amide bonds. The van der Waals surface area contributed by atoms with E-state index in [2.05, 4.69) is 0 Å². The molecule has 0 saturated carbocycles. The highest BCUT2D eigenvalue weighted by molar-refractivity contribution is 6.35. The van der Waals surface area contributed by atoms with Crippen molar-refractivity contribution in [1.82, 2.24) is 14.7 Å². The molecule has 24 heavy (non-hydrogen) atoms. The molecule has 0 unspecified atom stereocenters. The fourth-order valence-electron chi connectivity index (χ4n) is 3.23. The highest BCUT2D eigenvalue weighted by Gasteiger charge is 2.34. The molecule has 0 spiro atoms. The first-order valence-corrected chi connectivity index (χ1v) is 8.55. The van der Waals surface area contributed by atoms with Crippen LogP contribution in [0.4, 0.5) is 0 Å². The molecule has 0 radical (unpaired) electrons. The van der Waals surface area contributed by atoms with Gasteiger partial charge in [-0.1, -0.05) is 30.3 Å². The number of likely N-dealkylation sites (tertiary alicyclic amines) is 1. The molecule has 2 saturated heterocycles. The van der Waals surface area contributed by atoms with Gasteiger partial charge in [-0.2, -0.15) is 0 Å². The summed E-state index contributed by atoms with van der Waals surface area (Å²) in [6.07, 6.45) is 3.19. The molecule has 6 nitrogen and oxygen atoms in total. The molecule has 2 fully saturated rings. The Bertz CT molecular complexity index is 611. The van der Waals surface area contributed by atoms with Crippen LogP contribution in [0.25, 0.3) is 0 Å². The van der Waals surface area contributed by atoms with E-state index < -0.39 is 11.8 Å². The lowest BCUT2D eigenvalue weighted by atomic mass is 10.1. The van der Waals surface area contributed by atoms with E-state index in [0.29, 0.717) is 19.6 Å². The monoisotopic (exact) mass is 329 g/mol. The zero-order valence-electron chi connectivity index (χ0n) is 13.8. The molecule has 6 heteroatoms. The molecule has 2 heterocycles. The molecule has 1 aromatic carbocycles. The van der Waals surface area contributed by atoms with Crippen LogP contribution in [0.15, 0.2) is 30.3 Å². The van der Waals surface area contributed by atoms with Crippen molar-refractivity contribution in [3.63, 3.8) is 0 Å². The Morgan fingerprint density at radius 3 is 2.17 bits per heavy atom. The van der Waals surface area contributed by atoms with Crippen LogP contribution in [-0.2, 0) is 20.9 Å². The van der Waals surface area contributed by atoms with Crippen molar-refractivity contribution in [2.45, 2.75) is 25.8 Å². The minimum atomic E-state index is -0.567. The summed E-state index contributed by atoms with van der Waals surface area (Å²) < 4.78 is 0. The Morgan fingerprint density at radius 1 is 0.833 bits per heavy atom. The number of rotatable bonds is 4. The number of amides is 3. The largest absolute Gasteiger partial charge is 0.341 e. The van der Waals surface area contributed by atoms with Gasteiger partial charge in [0.1, 0.15) is 6.54 Å². The number of piperidine rings is 1. The third-order valence-electron chi connectivity index (χ3n) is 4.65. The number of hydrogen-bond donors (Lipinski definition) is 0. The minimum Gasteiger partial charge on any atom is -0.341 e. The molecule has 0 aromatic heterocycles. The first-order chi connectivity index (χ1) is 11.6. The van der Waals surface area contributed by atoms with Gasteiger partial charge in [0.05, 0.1) is 0 Å². The molecule has 2 aliphatic heterocycles. The maximum absolute atomic E-state index is 12.3. The summed E-state index contributed by atoms with van der Waals surface area (Å²) in [6.45, 7) is 2.84. The smallest absolute Gasteiger partial charge is 0.312 e. The van der Waals surface area contributed by atoms with E-state index in [1.165, 1.54) is 4.90 Å². The number of piperazine rings is 1. The Balaban J connectivity index is 1.56. The van der Waals surface area contributed by atoms with E-state index in [4.69, 9.17) is 0 Å². The molecule has 2 aliphatic rings. The first kappa shape index (κ1) is 16.5. The van der Waals surface area contributed by atoms with Gasteiger partial charge >= 0.3 is 11.8 Å². The Hall–Kier alpha value is -2.37. The Labute approximate surface area is 142 Å². The fraction of sp³-hybridized carbons (Fsp3) is 0.500. The molecule has 128 valence electrons. The summed E-state index contributed by atoms with van der Waals surface area (Å²) in [5, 5.41) is 0. The minimum absolute atomic E-state index is 0.0176. The summed E-state index contributed by atoms with van der Waals surface area (Å²) in [5.41, 5.74) is 0.997. The number of carbonyl (C=O) groups excluding carboxylic acids is 3. The van der Waals surface area contributed by atoms with Crippen LogP contribution in [0.1, 0.15) is 24.8 Å². The molecule has 0 N–H and O–H groups in total. The molecular weight excluding hydrogens is 306 g/mol. The van der Waals surface area contributed by atoms with Crippen molar-refractivity contribution in [2.75, 3.05) is 32.7 Å². The second-order valence-corrected chi connectivity index (χ2v) is 6.38. The predicted molar refractivity (Wildman–Crippen MR) is 88.9 cm³/mol. The van der Waals surface area contributed by atoms with Crippen molar-refractivity contribution in [3.05, 3.63) is 35.9 Å². The second-order valence-electron chi connectivity index (χ2n) is 6.38. The van der Waals surface area contributed by atoms with Crippen LogP contribution in [0.5, 0.6) is 0 Å². The topological polar surface area (TPSA) is 60.9 Å². The molecule has 0 aliphatic carbocycles. The van der Waals surface area contributed by atoms with Gasteiger partial charge in [0.2, 0.25) is 5.91 Å². The van der Waals surface area contributed by atoms with Crippen LogP contribution < -0.4 is 0 Å². The summed E-state index contributed by atoms with van der Waals surface area (Å²) in [6, 6.07) is 9.61. The van der Waals surface area contributed by atoms with Gasteiger partial charge in [0.15, 0.2) is 0 Å². The molecule has 1 aromatic rings. The van der Waals surface area contributed by atoms with E-state index in [1.807, 2.05) is 30.3 Å². The van der Waals surface area contributed by atoms with E-state index in [0.717, 1.165) is 37.9 Å². The fourth-order valence-corrected chi connectivity index (χ4v) is 3.23. The van der Waals surface area contributed by atoms with Gasteiger partial charge in [-0.25, -0.2) is 0 Å². The average Bonchev–Trinajstić information content (AvgIpc) is 2.63. The lowest BCUT2D eigenvalue weighted by molar-refractivity contribution is -0.158. The van der Waals surface area contributed by atoms with Crippen molar-refractivity contribution in [2.24, 2.45) is 0 Å². The lowest BCUT2D eigenvalue weighted by Gasteiger charge is -2.35. The standard InChI is InChI=1S/C18H23N3O3/c22-16(19-9-5-2-6-10-19)14-21-12-11-20(17(23)18(21)24)13-15-7-3-1-4-8-15/h1,3-4,7-8H,2,5-6,9-14H2. The normalized spacial score (nSPS) is 18.9. The SMILES string of the molecule is O=C(CN1CCN(Cc2ccccc2)C(=O)C1=O)N1CCCCC1. The molecule has 0 bridgehead atoms. The van der Waals surface area contributed by atoms with Gasteiger partial charge in [-0.05, 0) is 24.8 Å². The molecular formula is C18H23N3O3. The third-order valence-corrected chi connectivity index (χ3v) is 4.65. The maximum Gasteiger partial charge on any atom is 0.312 e. The first-order valence-electron chi connectivity index (χ1n) is 8.55. The predicted octanol–water partition coefficient (Wildman–Crippen LogP) is 0.870. The third kappa shape index (κ3) is 3.75. The van der Waals surface area contributed by atoms with Gasteiger partial charge in [-0.3, -0.25) is 14.4 Å². The zero-order chi connectivity index (χ0) is 16.9. The van der Waals surface area contributed by atoms with Gasteiger partial charge in [0.25, 0.3) is 0 Å². The van der Waals surface area contributed by atoms with Crippen LogP contribution >= 0.6 is 0 Å². The van der Waals surface area contributed by atoms with Crippen molar-refractivity contribution < 1.29 is 14.4 Å². The van der Waals surface area contributed by atoms with Gasteiger partial charge in [-0.15, -0.1) is 0 Å². The van der Waals surface area contributed by atoms with Crippen LogP contribution in [-0.4, -0.2) is 65.1 Å². The van der Waals surface area contributed by atoms with E-state index in [1.54, 1.807) is 9.80 Å². The summed E-state index contributed by atoms with van der Waals surface area (Å²) in [7, 11) is 0. The van der Waals surface area contributed by atoms with Crippen molar-refractivity contribution in [1.29, 1.82) is 0 Å². The quantitative estimate of drug-likeness (QED) is 0.770. The van der Waals surface area contributed by atoms with E-state index >= 15 is 0 Å². The van der Waals surface area contributed by atoms with Crippen molar-refractivity contribution >= 4 is 17.7 Å². The van der Waals surface area contributed by atoms with Crippen LogP contribution in [0.2, 0.25) is 0 Å². The Morgan fingerprint density at radius 2 is 1.46 bits per heavy atom.